The van der Waals surface area contributed by atoms with E-state index < -0.39 is 0 Å². The van der Waals surface area contributed by atoms with E-state index in [1.165, 1.54) is 6.08 Å². The Labute approximate surface area is 132 Å². The van der Waals surface area contributed by atoms with E-state index in [0.717, 1.165) is 15.8 Å². The second-order valence-corrected chi connectivity index (χ2v) is 5.80. The van der Waals surface area contributed by atoms with Crippen LogP contribution in [-0.2, 0) is 0 Å². The number of aromatic nitrogens is 2. The van der Waals surface area contributed by atoms with Crippen molar-refractivity contribution in [2.24, 2.45) is 0 Å². The first-order valence-electron chi connectivity index (χ1n) is 6.61. The molecule has 110 valence electrons. The quantitative estimate of drug-likeness (QED) is 0.602. The molecule has 1 aromatic heterocycles. The van der Waals surface area contributed by atoms with Gasteiger partial charge in [0.1, 0.15) is 5.75 Å². The van der Waals surface area contributed by atoms with Gasteiger partial charge in [-0.2, -0.15) is 5.10 Å². The van der Waals surface area contributed by atoms with Gasteiger partial charge in [-0.05, 0) is 44.2 Å². The van der Waals surface area contributed by atoms with Gasteiger partial charge in [0.15, 0.2) is 5.78 Å². The Morgan fingerprint density at radius 2 is 2.19 bits per heavy atom. The van der Waals surface area contributed by atoms with Gasteiger partial charge in [-0.15, -0.1) is 0 Å². The summed E-state index contributed by atoms with van der Waals surface area (Å²) in [5.41, 5.74) is 1.42. The van der Waals surface area contributed by atoms with E-state index >= 15 is 0 Å². The monoisotopic (exact) mass is 348 g/mol. The highest BCUT2D eigenvalue weighted by atomic mass is 79.9. The Hall–Kier alpha value is -1.88. The molecule has 5 heteroatoms. The zero-order chi connectivity index (χ0) is 15.4. The lowest BCUT2D eigenvalue weighted by Crippen LogP contribution is -2.00. The molecule has 4 nitrogen and oxygen atoms in total. The molecule has 0 radical (unpaired) electrons. The number of carbonyl (C=O) groups is 1. The van der Waals surface area contributed by atoms with Crippen LogP contribution in [0.1, 0.15) is 35.8 Å². The highest BCUT2D eigenvalue weighted by Gasteiger charge is 2.08. The van der Waals surface area contributed by atoms with Gasteiger partial charge in [0.05, 0.1) is 18.9 Å². The third-order valence-corrected chi connectivity index (χ3v) is 3.51. The molecule has 1 aromatic carbocycles. The summed E-state index contributed by atoms with van der Waals surface area (Å²) in [4.78, 5) is 12.1. The van der Waals surface area contributed by atoms with Crippen molar-refractivity contribution in [3.63, 3.8) is 0 Å². The lowest BCUT2D eigenvalue weighted by Gasteiger charge is -2.04. The van der Waals surface area contributed by atoms with Crippen molar-refractivity contribution in [1.29, 1.82) is 0 Å². The molecule has 0 spiro atoms. The molecule has 0 fully saturated rings. The van der Waals surface area contributed by atoms with Crippen LogP contribution in [0.2, 0.25) is 0 Å². The highest BCUT2D eigenvalue weighted by molar-refractivity contribution is 9.10. The molecule has 0 aliphatic rings. The van der Waals surface area contributed by atoms with Gasteiger partial charge in [0.25, 0.3) is 0 Å². The molecule has 0 bridgehead atoms. The number of hydrogen-bond acceptors (Lipinski definition) is 3. The smallest absolute Gasteiger partial charge is 0.189 e. The average Bonchev–Trinajstić information content (AvgIpc) is 2.95. The first-order chi connectivity index (χ1) is 10.0. The normalized spacial score (nSPS) is 11.3. The van der Waals surface area contributed by atoms with E-state index in [9.17, 15) is 4.79 Å². The lowest BCUT2D eigenvalue weighted by atomic mass is 10.1. The van der Waals surface area contributed by atoms with Crippen LogP contribution in [-0.4, -0.2) is 22.7 Å². The molecule has 21 heavy (non-hydrogen) atoms. The molecular weight excluding hydrogens is 332 g/mol. The summed E-state index contributed by atoms with van der Waals surface area (Å²) in [6.07, 6.45) is 6.63. The van der Waals surface area contributed by atoms with E-state index in [2.05, 4.69) is 21.0 Å². The van der Waals surface area contributed by atoms with Crippen LogP contribution >= 0.6 is 15.9 Å². The summed E-state index contributed by atoms with van der Waals surface area (Å²) in [5.74, 6) is 0.643. The average molecular weight is 349 g/mol. The zero-order valence-corrected chi connectivity index (χ0v) is 13.8. The Morgan fingerprint density at radius 1 is 1.43 bits per heavy atom. The molecule has 1 heterocycles. The van der Waals surface area contributed by atoms with E-state index in [0.29, 0.717) is 5.56 Å². The summed E-state index contributed by atoms with van der Waals surface area (Å²) < 4.78 is 7.97. The molecule has 0 aliphatic heterocycles. The van der Waals surface area contributed by atoms with E-state index in [1.54, 1.807) is 30.3 Å². The van der Waals surface area contributed by atoms with Gasteiger partial charge >= 0.3 is 0 Å². The summed E-state index contributed by atoms with van der Waals surface area (Å²) in [7, 11) is 1.61. The highest BCUT2D eigenvalue weighted by Crippen LogP contribution is 2.24. The van der Waals surface area contributed by atoms with Crippen molar-refractivity contribution in [1.82, 2.24) is 9.78 Å². The molecule has 2 aromatic rings. The number of halogens is 1. The van der Waals surface area contributed by atoms with Crippen LogP contribution in [0, 0.1) is 0 Å². The summed E-state index contributed by atoms with van der Waals surface area (Å²) in [6.45, 7) is 4.03. The molecule has 0 unspecified atom stereocenters. The summed E-state index contributed by atoms with van der Waals surface area (Å²) in [5, 5.41) is 4.17. The van der Waals surface area contributed by atoms with Crippen LogP contribution in [0.15, 0.2) is 41.1 Å². The fraction of sp³-hybridized carbons (Fsp3) is 0.250. The molecule has 0 N–H and O–H groups in total. The number of nitrogens with zero attached hydrogens (tertiary/aromatic N) is 2. The Kier molecular flexibility index (Phi) is 4.96. The molecule has 2 rings (SSSR count). The molecular formula is C16H17BrN2O2. The number of ether oxygens (including phenoxy) is 1. The van der Waals surface area contributed by atoms with Gasteiger partial charge in [-0.1, -0.05) is 15.9 Å². The molecule has 0 saturated carbocycles. The second-order valence-electron chi connectivity index (χ2n) is 4.89. The Morgan fingerprint density at radius 3 is 2.81 bits per heavy atom. The van der Waals surface area contributed by atoms with Crippen molar-refractivity contribution in [2.75, 3.05) is 7.11 Å². The largest absolute Gasteiger partial charge is 0.496 e. The fourth-order valence-electron chi connectivity index (χ4n) is 1.84. The topological polar surface area (TPSA) is 44.1 Å². The Bertz CT molecular complexity index is 675. The van der Waals surface area contributed by atoms with Crippen LogP contribution in [0.4, 0.5) is 0 Å². The van der Waals surface area contributed by atoms with Gasteiger partial charge in [-0.25, -0.2) is 0 Å². The maximum atomic E-state index is 12.1. The number of ketones is 1. The van der Waals surface area contributed by atoms with Crippen LogP contribution in [0.25, 0.3) is 6.08 Å². The van der Waals surface area contributed by atoms with E-state index in [4.69, 9.17) is 4.74 Å². The predicted octanol–water partition coefficient (Wildman–Crippen LogP) is 4.13. The third kappa shape index (κ3) is 3.82. The zero-order valence-electron chi connectivity index (χ0n) is 12.2. The van der Waals surface area contributed by atoms with Gasteiger partial charge in [-0.3, -0.25) is 9.48 Å². The number of allylic oxidation sites excluding steroid dienone is 1. The number of hydrogen-bond donors (Lipinski definition) is 0. The number of benzene rings is 1. The lowest BCUT2D eigenvalue weighted by molar-refractivity contribution is 0.104. The first-order valence-corrected chi connectivity index (χ1v) is 7.40. The maximum Gasteiger partial charge on any atom is 0.189 e. The van der Waals surface area contributed by atoms with E-state index in [1.807, 2.05) is 32.0 Å². The molecule has 0 aliphatic carbocycles. The van der Waals surface area contributed by atoms with Crippen molar-refractivity contribution in [3.8, 4) is 5.75 Å². The van der Waals surface area contributed by atoms with Crippen LogP contribution in [0.3, 0.4) is 0 Å². The van der Waals surface area contributed by atoms with E-state index in [-0.39, 0.29) is 11.8 Å². The van der Waals surface area contributed by atoms with Gasteiger partial charge in [0.2, 0.25) is 0 Å². The van der Waals surface area contributed by atoms with Gasteiger partial charge in [0, 0.05) is 22.3 Å². The van der Waals surface area contributed by atoms with Crippen molar-refractivity contribution < 1.29 is 9.53 Å². The fourth-order valence-corrected chi connectivity index (χ4v) is 2.22. The minimum Gasteiger partial charge on any atom is -0.496 e. The number of methoxy groups -OCH3 is 1. The molecule has 0 atom stereocenters. The third-order valence-electron chi connectivity index (χ3n) is 3.02. The van der Waals surface area contributed by atoms with Gasteiger partial charge < -0.3 is 4.74 Å². The van der Waals surface area contributed by atoms with Crippen LogP contribution in [0.5, 0.6) is 5.75 Å². The maximum absolute atomic E-state index is 12.1. The minimum atomic E-state index is -0.0797. The van der Waals surface area contributed by atoms with Crippen LogP contribution < -0.4 is 4.74 Å². The summed E-state index contributed by atoms with van der Waals surface area (Å²) in [6, 6.07) is 5.89. The van der Waals surface area contributed by atoms with Crippen molar-refractivity contribution >= 4 is 27.8 Å². The first kappa shape index (κ1) is 15.5. The Balaban J connectivity index is 2.20. The standard InChI is InChI=1S/C16H17BrN2O2/c1-11(2)19-10-13(9-18-19)15(20)6-4-12-8-14(17)5-7-16(12)21-3/h4-11H,1-3H3. The second kappa shape index (κ2) is 6.72. The molecule has 0 amide bonds. The summed E-state index contributed by atoms with van der Waals surface area (Å²) >= 11 is 3.41. The minimum absolute atomic E-state index is 0.0797. The SMILES string of the molecule is COc1ccc(Br)cc1C=CC(=O)c1cnn(C(C)C)c1. The molecule has 0 saturated heterocycles. The van der Waals surface area contributed by atoms with Crippen molar-refractivity contribution in [2.45, 2.75) is 19.9 Å². The predicted molar refractivity (Wildman–Crippen MR) is 86.7 cm³/mol. The number of carbonyl (C=O) groups excluding carboxylic acids is 1. The number of rotatable bonds is 5. The van der Waals surface area contributed by atoms with Crippen molar-refractivity contribution in [3.05, 3.63) is 52.3 Å².